The smallest absolute Gasteiger partial charge is 0.329 e. The number of ether oxygens (including phenoxy) is 1. The number of hydrogen-bond acceptors (Lipinski definition) is 5. The third-order valence-corrected chi connectivity index (χ3v) is 4.87. The fourth-order valence-electron chi connectivity index (χ4n) is 3.45. The second-order valence-electron chi connectivity index (χ2n) is 6.81. The Balaban J connectivity index is 1.65. The van der Waals surface area contributed by atoms with Gasteiger partial charge in [-0.05, 0) is 44.7 Å². The van der Waals surface area contributed by atoms with E-state index in [4.69, 9.17) is 25.4 Å². The third kappa shape index (κ3) is 4.28. The van der Waals surface area contributed by atoms with E-state index in [0.717, 1.165) is 18.2 Å². The molecule has 5 N–H and O–H groups in total. The molecule has 0 spiro atoms. The molecule has 0 aliphatic heterocycles. The fraction of sp³-hybridized carbons (Fsp3) is 0.421. The maximum absolute atomic E-state index is 12.7. The van der Waals surface area contributed by atoms with Crippen molar-refractivity contribution < 1.29 is 23.8 Å². The number of furan rings is 1. The number of nitrogens with one attached hydrogen (secondary N) is 2. The SMILES string of the molecule is Cc1oc(C(=O)NC2CCC(OCC(=O)O)CC2)c2ccc(C(=N)N)cc12. The number of fused-ring (bicyclic) bond motifs is 1. The van der Waals surface area contributed by atoms with Crippen molar-refractivity contribution in [1.82, 2.24) is 5.32 Å². The van der Waals surface area contributed by atoms with Gasteiger partial charge in [-0.25, -0.2) is 4.79 Å². The molecule has 1 aliphatic rings. The predicted octanol–water partition coefficient (Wildman–Crippen LogP) is 2.17. The van der Waals surface area contributed by atoms with Gasteiger partial charge in [0.25, 0.3) is 5.91 Å². The van der Waals surface area contributed by atoms with E-state index in [0.29, 0.717) is 29.6 Å². The van der Waals surface area contributed by atoms with Crippen molar-refractivity contribution in [2.45, 2.75) is 44.8 Å². The number of amides is 1. The summed E-state index contributed by atoms with van der Waals surface area (Å²) in [6, 6.07) is 5.19. The van der Waals surface area contributed by atoms with Gasteiger partial charge in [-0.3, -0.25) is 10.2 Å². The van der Waals surface area contributed by atoms with E-state index in [9.17, 15) is 9.59 Å². The first-order valence-electron chi connectivity index (χ1n) is 8.87. The minimum Gasteiger partial charge on any atom is -0.480 e. The zero-order valence-electron chi connectivity index (χ0n) is 15.1. The number of carboxylic acids is 1. The Morgan fingerprint density at radius 2 is 2.00 bits per heavy atom. The first-order valence-corrected chi connectivity index (χ1v) is 8.87. The van der Waals surface area contributed by atoms with Gasteiger partial charge in [-0.15, -0.1) is 0 Å². The van der Waals surface area contributed by atoms with Crippen LogP contribution in [0.5, 0.6) is 0 Å². The van der Waals surface area contributed by atoms with Crippen LogP contribution >= 0.6 is 0 Å². The molecule has 1 aromatic heterocycles. The summed E-state index contributed by atoms with van der Waals surface area (Å²) >= 11 is 0. The van der Waals surface area contributed by atoms with E-state index in [1.807, 2.05) is 0 Å². The molecule has 27 heavy (non-hydrogen) atoms. The molecule has 0 saturated heterocycles. The van der Waals surface area contributed by atoms with Crippen LogP contribution in [-0.4, -0.2) is 41.6 Å². The molecular weight excluding hydrogens is 350 g/mol. The van der Waals surface area contributed by atoms with Crippen LogP contribution in [0.25, 0.3) is 10.8 Å². The standard InChI is InChI=1S/C19H23N3O5/c1-10-15-8-11(18(20)21)2-7-14(15)17(27-10)19(25)22-12-3-5-13(6-4-12)26-9-16(23)24/h2,7-8,12-13H,3-6,9H2,1H3,(H3,20,21)(H,22,25)(H,23,24). The maximum atomic E-state index is 12.7. The van der Waals surface area contributed by atoms with Crippen LogP contribution in [0.4, 0.5) is 0 Å². The number of rotatable bonds is 6. The number of benzene rings is 1. The topological polar surface area (TPSA) is 139 Å². The van der Waals surface area contributed by atoms with Crippen molar-refractivity contribution in [2.24, 2.45) is 5.73 Å². The van der Waals surface area contributed by atoms with Crippen molar-refractivity contribution in [1.29, 1.82) is 5.41 Å². The van der Waals surface area contributed by atoms with Gasteiger partial charge in [-0.2, -0.15) is 0 Å². The normalized spacial score (nSPS) is 19.7. The van der Waals surface area contributed by atoms with Crippen LogP contribution in [-0.2, 0) is 9.53 Å². The van der Waals surface area contributed by atoms with Crippen molar-refractivity contribution in [3.63, 3.8) is 0 Å². The van der Waals surface area contributed by atoms with Crippen molar-refractivity contribution in [3.8, 4) is 0 Å². The molecule has 0 atom stereocenters. The Hall–Kier alpha value is -2.87. The Labute approximate surface area is 156 Å². The van der Waals surface area contributed by atoms with E-state index >= 15 is 0 Å². The second kappa shape index (κ2) is 7.79. The summed E-state index contributed by atoms with van der Waals surface area (Å²) in [5.41, 5.74) is 6.11. The zero-order valence-corrected chi connectivity index (χ0v) is 15.1. The van der Waals surface area contributed by atoms with Crippen LogP contribution in [0, 0.1) is 12.3 Å². The number of amidine groups is 1. The summed E-state index contributed by atoms with van der Waals surface area (Å²) < 4.78 is 11.0. The largest absolute Gasteiger partial charge is 0.480 e. The number of aryl methyl sites for hydroxylation is 1. The molecule has 1 aliphatic carbocycles. The Morgan fingerprint density at radius 3 is 2.63 bits per heavy atom. The molecule has 1 amide bonds. The summed E-state index contributed by atoms with van der Waals surface area (Å²) in [4.78, 5) is 23.2. The van der Waals surface area contributed by atoms with Gasteiger partial charge >= 0.3 is 5.97 Å². The molecule has 144 valence electrons. The van der Waals surface area contributed by atoms with Crippen LogP contribution in [0.15, 0.2) is 22.6 Å². The molecule has 0 unspecified atom stereocenters. The summed E-state index contributed by atoms with van der Waals surface area (Å²) in [5, 5.41) is 20.6. The van der Waals surface area contributed by atoms with E-state index < -0.39 is 5.97 Å². The van der Waals surface area contributed by atoms with Crippen molar-refractivity contribution >= 4 is 28.5 Å². The number of nitrogens with two attached hydrogens (primary N) is 1. The van der Waals surface area contributed by atoms with Crippen LogP contribution in [0.3, 0.4) is 0 Å². The van der Waals surface area contributed by atoms with Gasteiger partial charge in [0.1, 0.15) is 18.2 Å². The molecule has 1 fully saturated rings. The highest BCUT2D eigenvalue weighted by molar-refractivity contribution is 6.08. The summed E-state index contributed by atoms with van der Waals surface area (Å²) in [6.07, 6.45) is 2.78. The van der Waals surface area contributed by atoms with E-state index in [1.165, 1.54) is 0 Å². The van der Waals surface area contributed by atoms with E-state index in [-0.39, 0.29) is 36.3 Å². The number of hydrogen-bond donors (Lipinski definition) is 4. The van der Waals surface area contributed by atoms with Crippen molar-refractivity contribution in [2.75, 3.05) is 6.61 Å². The number of nitrogen functional groups attached to an aromatic ring is 1. The molecule has 8 nitrogen and oxygen atoms in total. The zero-order chi connectivity index (χ0) is 19.6. The fourth-order valence-corrected chi connectivity index (χ4v) is 3.45. The first-order chi connectivity index (χ1) is 12.8. The molecule has 3 rings (SSSR count). The molecule has 0 radical (unpaired) electrons. The Morgan fingerprint density at radius 1 is 1.30 bits per heavy atom. The minimum absolute atomic E-state index is 0.000808. The average Bonchev–Trinajstić information content (AvgIpc) is 2.97. The molecule has 8 heteroatoms. The van der Waals surface area contributed by atoms with Gasteiger partial charge in [0.2, 0.25) is 0 Å². The second-order valence-corrected chi connectivity index (χ2v) is 6.81. The predicted molar refractivity (Wildman–Crippen MR) is 99.1 cm³/mol. The molecule has 1 heterocycles. The lowest BCUT2D eigenvalue weighted by molar-refractivity contribution is -0.145. The molecule has 0 bridgehead atoms. The van der Waals surface area contributed by atoms with Gasteiger partial charge in [0.15, 0.2) is 5.76 Å². The highest BCUT2D eigenvalue weighted by Gasteiger charge is 2.26. The Kier molecular flexibility index (Phi) is 5.46. The van der Waals surface area contributed by atoms with Crippen LogP contribution < -0.4 is 11.1 Å². The summed E-state index contributed by atoms with van der Waals surface area (Å²) in [7, 11) is 0. The maximum Gasteiger partial charge on any atom is 0.329 e. The number of carboxylic acid groups (broad SMARTS) is 1. The van der Waals surface area contributed by atoms with Crippen molar-refractivity contribution in [3.05, 3.63) is 35.3 Å². The van der Waals surface area contributed by atoms with Gasteiger partial charge in [-0.1, -0.05) is 6.07 Å². The number of aliphatic carboxylic acids is 1. The van der Waals surface area contributed by atoms with E-state index in [1.54, 1.807) is 25.1 Å². The number of carbonyl (C=O) groups is 2. The molecule has 1 aromatic carbocycles. The number of carbonyl (C=O) groups excluding carboxylic acids is 1. The van der Waals surface area contributed by atoms with E-state index in [2.05, 4.69) is 5.32 Å². The molecular formula is C19H23N3O5. The first kappa shape index (κ1) is 18.9. The van der Waals surface area contributed by atoms with Gasteiger partial charge < -0.3 is 25.3 Å². The summed E-state index contributed by atoms with van der Waals surface area (Å²) in [6.45, 7) is 1.48. The lowest BCUT2D eigenvalue weighted by Crippen LogP contribution is -2.39. The lowest BCUT2D eigenvalue weighted by atomic mass is 9.93. The molecule has 1 saturated carbocycles. The van der Waals surface area contributed by atoms with Crippen LogP contribution in [0.2, 0.25) is 0 Å². The lowest BCUT2D eigenvalue weighted by Gasteiger charge is -2.28. The molecule has 2 aromatic rings. The minimum atomic E-state index is -0.974. The average molecular weight is 373 g/mol. The Bertz CT molecular complexity index is 881. The third-order valence-electron chi connectivity index (χ3n) is 4.87. The summed E-state index contributed by atoms with van der Waals surface area (Å²) in [5.74, 6) is -0.437. The van der Waals surface area contributed by atoms with Gasteiger partial charge in [0, 0.05) is 22.4 Å². The quantitative estimate of drug-likeness (QED) is 0.452. The highest BCUT2D eigenvalue weighted by Crippen LogP contribution is 2.28. The van der Waals surface area contributed by atoms with Crippen LogP contribution in [0.1, 0.15) is 47.6 Å². The van der Waals surface area contributed by atoms with Gasteiger partial charge in [0.05, 0.1) is 6.10 Å². The highest BCUT2D eigenvalue weighted by atomic mass is 16.5. The monoisotopic (exact) mass is 373 g/mol.